The van der Waals surface area contributed by atoms with Crippen LogP contribution in [0.1, 0.15) is 34.6 Å². The summed E-state index contributed by atoms with van der Waals surface area (Å²) in [5.41, 5.74) is 6.86. The zero-order valence-corrected chi connectivity index (χ0v) is 18.8. The lowest BCUT2D eigenvalue weighted by molar-refractivity contribution is -0.118. The lowest BCUT2D eigenvalue weighted by Gasteiger charge is -2.22. The third-order valence-corrected chi connectivity index (χ3v) is 6.85. The fraction of sp³-hybridized carbons (Fsp3) is 0.167. The van der Waals surface area contributed by atoms with Crippen molar-refractivity contribution in [2.45, 2.75) is 25.3 Å². The number of phenols is 1. The van der Waals surface area contributed by atoms with Gasteiger partial charge in [0, 0.05) is 17.3 Å². The van der Waals surface area contributed by atoms with Gasteiger partial charge in [0.15, 0.2) is 0 Å². The zero-order valence-electron chi connectivity index (χ0n) is 18.8. The average molecular weight is 448 g/mol. The number of ether oxygens (including phenoxy) is 1. The van der Waals surface area contributed by atoms with E-state index in [9.17, 15) is 9.90 Å². The number of amides is 1. The maximum atomic E-state index is 13.9. The Kier molecular flexibility index (Phi) is 5.06. The van der Waals surface area contributed by atoms with E-state index in [2.05, 4.69) is 24.3 Å². The molecule has 4 heteroatoms. The second-order valence-corrected chi connectivity index (χ2v) is 8.91. The van der Waals surface area contributed by atoms with Crippen LogP contribution >= 0.6 is 0 Å². The van der Waals surface area contributed by atoms with Crippen molar-refractivity contribution in [1.29, 1.82) is 0 Å². The minimum Gasteiger partial charge on any atom is -0.507 e. The van der Waals surface area contributed by atoms with Crippen molar-refractivity contribution in [3.63, 3.8) is 0 Å². The van der Waals surface area contributed by atoms with Gasteiger partial charge in [-0.2, -0.15) is 0 Å². The topological polar surface area (TPSA) is 49.8 Å². The van der Waals surface area contributed by atoms with Gasteiger partial charge in [-0.15, -0.1) is 0 Å². The number of phenolic OH excluding ortho intramolecular Hbond substituents is 1. The van der Waals surface area contributed by atoms with E-state index in [-0.39, 0.29) is 11.7 Å². The second-order valence-electron chi connectivity index (χ2n) is 8.91. The number of hydrogen-bond acceptors (Lipinski definition) is 3. The van der Waals surface area contributed by atoms with Crippen LogP contribution in [-0.2, 0) is 17.8 Å². The van der Waals surface area contributed by atoms with Crippen LogP contribution < -0.4 is 9.64 Å². The lowest BCUT2D eigenvalue weighted by atomic mass is 9.89. The van der Waals surface area contributed by atoms with Crippen molar-refractivity contribution >= 4 is 11.6 Å². The Hall–Kier alpha value is -4.05. The van der Waals surface area contributed by atoms with E-state index >= 15 is 0 Å². The maximum absolute atomic E-state index is 13.9. The van der Waals surface area contributed by atoms with Crippen LogP contribution in [0.2, 0.25) is 0 Å². The van der Waals surface area contributed by atoms with Gasteiger partial charge in [-0.3, -0.25) is 4.79 Å². The van der Waals surface area contributed by atoms with Crippen LogP contribution in [-0.4, -0.2) is 17.6 Å². The molecule has 1 unspecified atom stereocenters. The van der Waals surface area contributed by atoms with Crippen molar-refractivity contribution in [3.05, 3.63) is 113 Å². The SMILES string of the molecule is O=C1C(c2cc3c(cc2O)OCCC3)c2ccccc2N1Cc1ccccc1-c1ccccc1. The summed E-state index contributed by atoms with van der Waals surface area (Å²) in [6, 6.07) is 30.0. The molecule has 0 aromatic heterocycles. The molecule has 0 bridgehead atoms. The summed E-state index contributed by atoms with van der Waals surface area (Å²) in [5, 5.41) is 10.9. The molecule has 34 heavy (non-hydrogen) atoms. The van der Waals surface area contributed by atoms with E-state index in [0.29, 0.717) is 18.7 Å². The van der Waals surface area contributed by atoms with Crippen molar-refractivity contribution in [1.82, 2.24) is 0 Å². The van der Waals surface area contributed by atoms with Gasteiger partial charge >= 0.3 is 0 Å². The molecule has 0 radical (unpaired) electrons. The van der Waals surface area contributed by atoms with E-state index in [4.69, 9.17) is 4.74 Å². The standard InChI is InChI=1S/C30H25NO3/c32-27-18-28-21(12-8-16-34-28)17-25(27)29-24-14-6-7-15-26(24)31(30(29)33)19-22-11-4-5-13-23(22)20-9-2-1-3-10-20/h1-7,9-11,13-15,17-18,29,32H,8,12,16,19H2. The molecule has 0 saturated carbocycles. The number of anilines is 1. The van der Waals surface area contributed by atoms with Crippen LogP contribution in [0.5, 0.6) is 11.5 Å². The highest BCUT2D eigenvalue weighted by Gasteiger charge is 2.40. The second kappa shape index (κ2) is 8.38. The maximum Gasteiger partial charge on any atom is 0.239 e. The fourth-order valence-corrected chi connectivity index (χ4v) is 5.22. The Morgan fingerprint density at radius 2 is 1.65 bits per heavy atom. The molecule has 0 saturated heterocycles. The summed E-state index contributed by atoms with van der Waals surface area (Å²) in [7, 11) is 0. The molecule has 2 aliphatic rings. The zero-order chi connectivity index (χ0) is 23.1. The molecule has 0 spiro atoms. The molecule has 0 aliphatic carbocycles. The number of hydrogen-bond donors (Lipinski definition) is 1. The van der Waals surface area contributed by atoms with Gasteiger partial charge in [-0.25, -0.2) is 0 Å². The third-order valence-electron chi connectivity index (χ3n) is 6.85. The minimum atomic E-state index is -0.535. The molecule has 2 heterocycles. The van der Waals surface area contributed by atoms with Crippen LogP contribution in [0.3, 0.4) is 0 Å². The molecule has 2 aliphatic heterocycles. The first-order chi connectivity index (χ1) is 16.7. The molecular weight excluding hydrogens is 422 g/mol. The van der Waals surface area contributed by atoms with Gasteiger partial charge in [-0.1, -0.05) is 72.8 Å². The molecule has 1 atom stereocenters. The van der Waals surface area contributed by atoms with Crippen molar-refractivity contribution in [2.24, 2.45) is 0 Å². The van der Waals surface area contributed by atoms with E-state index < -0.39 is 5.92 Å². The van der Waals surface area contributed by atoms with Gasteiger partial charge in [0.05, 0.1) is 19.1 Å². The van der Waals surface area contributed by atoms with E-state index in [1.165, 1.54) is 0 Å². The number of fused-ring (bicyclic) bond motifs is 2. The predicted molar refractivity (Wildman–Crippen MR) is 133 cm³/mol. The highest BCUT2D eigenvalue weighted by Crippen LogP contribution is 2.46. The molecule has 168 valence electrons. The Morgan fingerprint density at radius 1 is 0.882 bits per heavy atom. The van der Waals surface area contributed by atoms with E-state index in [1.807, 2.05) is 65.6 Å². The van der Waals surface area contributed by atoms with Gasteiger partial charge < -0.3 is 14.7 Å². The van der Waals surface area contributed by atoms with Gasteiger partial charge in [0.1, 0.15) is 11.5 Å². The smallest absolute Gasteiger partial charge is 0.239 e. The fourth-order valence-electron chi connectivity index (χ4n) is 5.22. The predicted octanol–water partition coefficient (Wildman–Crippen LogP) is 6.06. The highest BCUT2D eigenvalue weighted by molar-refractivity contribution is 6.07. The molecule has 1 N–H and O–H groups in total. The van der Waals surface area contributed by atoms with Crippen LogP contribution in [0.4, 0.5) is 5.69 Å². The summed E-state index contributed by atoms with van der Waals surface area (Å²) < 4.78 is 5.72. The molecule has 0 fully saturated rings. The first-order valence-electron chi connectivity index (χ1n) is 11.7. The van der Waals surface area contributed by atoms with Crippen molar-refractivity contribution in [2.75, 3.05) is 11.5 Å². The summed E-state index contributed by atoms with van der Waals surface area (Å²) in [6.45, 7) is 1.12. The summed E-state index contributed by atoms with van der Waals surface area (Å²) >= 11 is 0. The monoisotopic (exact) mass is 447 g/mol. The summed E-state index contributed by atoms with van der Waals surface area (Å²) in [5.74, 6) is 0.281. The third kappa shape index (κ3) is 3.43. The van der Waals surface area contributed by atoms with Crippen LogP contribution in [0.25, 0.3) is 11.1 Å². The number of aromatic hydroxyl groups is 1. The molecule has 4 nitrogen and oxygen atoms in total. The number of aryl methyl sites for hydroxylation is 1. The molecule has 1 amide bonds. The molecular formula is C30H25NO3. The van der Waals surface area contributed by atoms with Crippen molar-refractivity contribution < 1.29 is 14.6 Å². The molecule has 6 rings (SSSR count). The lowest BCUT2D eigenvalue weighted by Crippen LogP contribution is -2.29. The largest absolute Gasteiger partial charge is 0.507 e. The number of rotatable bonds is 4. The van der Waals surface area contributed by atoms with Crippen molar-refractivity contribution in [3.8, 4) is 22.6 Å². The number of para-hydroxylation sites is 1. The number of benzene rings is 4. The van der Waals surface area contributed by atoms with Crippen LogP contribution in [0.15, 0.2) is 91.0 Å². The Bertz CT molecular complexity index is 1380. The molecule has 4 aromatic carbocycles. The Labute approximate surface area is 199 Å². The highest BCUT2D eigenvalue weighted by atomic mass is 16.5. The Balaban J connectivity index is 1.41. The van der Waals surface area contributed by atoms with Gasteiger partial charge in [0.2, 0.25) is 5.91 Å². The summed E-state index contributed by atoms with van der Waals surface area (Å²) in [6.07, 6.45) is 1.83. The van der Waals surface area contributed by atoms with Crippen LogP contribution in [0, 0.1) is 0 Å². The normalized spacial score (nSPS) is 16.6. The number of nitrogens with zero attached hydrogens (tertiary/aromatic N) is 1. The molecule has 4 aromatic rings. The number of carbonyl (C=O) groups excluding carboxylic acids is 1. The minimum absolute atomic E-state index is 0.0176. The number of carbonyl (C=O) groups is 1. The Morgan fingerprint density at radius 3 is 2.53 bits per heavy atom. The van der Waals surface area contributed by atoms with Gasteiger partial charge in [-0.05, 0) is 52.8 Å². The van der Waals surface area contributed by atoms with E-state index in [0.717, 1.165) is 52.1 Å². The summed E-state index contributed by atoms with van der Waals surface area (Å²) in [4.78, 5) is 15.8. The quantitative estimate of drug-likeness (QED) is 0.414. The average Bonchev–Trinajstić information content (AvgIpc) is 3.15. The van der Waals surface area contributed by atoms with Gasteiger partial charge in [0.25, 0.3) is 0 Å². The van der Waals surface area contributed by atoms with E-state index in [1.54, 1.807) is 6.07 Å². The first kappa shape index (κ1) is 20.5. The first-order valence-corrected chi connectivity index (χ1v) is 11.7.